The number of rotatable bonds is 4. The number of nitrogens with zero attached hydrogens (tertiary/aromatic N) is 1. The predicted molar refractivity (Wildman–Crippen MR) is 54.9 cm³/mol. The van der Waals surface area contributed by atoms with E-state index in [2.05, 4.69) is 0 Å². The van der Waals surface area contributed by atoms with Gasteiger partial charge in [-0.15, -0.1) is 0 Å². The molecule has 15 heavy (non-hydrogen) atoms. The molecule has 4 heteroatoms. The SMILES string of the molecule is CC(CC(C)(C)C=O)N1C(=O)C=CC1=O. The van der Waals surface area contributed by atoms with Crippen molar-refractivity contribution in [2.24, 2.45) is 5.41 Å². The number of imide groups is 1. The summed E-state index contributed by atoms with van der Waals surface area (Å²) in [7, 11) is 0. The Morgan fingerprint density at radius 2 is 1.80 bits per heavy atom. The van der Waals surface area contributed by atoms with Crippen LogP contribution in [-0.4, -0.2) is 29.0 Å². The van der Waals surface area contributed by atoms with Gasteiger partial charge in [-0.3, -0.25) is 14.5 Å². The van der Waals surface area contributed by atoms with Gasteiger partial charge >= 0.3 is 0 Å². The zero-order valence-electron chi connectivity index (χ0n) is 9.19. The number of aldehydes is 1. The van der Waals surface area contributed by atoms with Crippen LogP contribution in [0.15, 0.2) is 12.2 Å². The van der Waals surface area contributed by atoms with E-state index >= 15 is 0 Å². The van der Waals surface area contributed by atoms with Crippen LogP contribution in [0.1, 0.15) is 27.2 Å². The number of carbonyl (C=O) groups is 3. The topological polar surface area (TPSA) is 54.5 Å². The third kappa shape index (κ3) is 2.52. The van der Waals surface area contributed by atoms with E-state index in [0.717, 1.165) is 6.29 Å². The van der Waals surface area contributed by atoms with Crippen molar-refractivity contribution in [1.82, 2.24) is 4.90 Å². The van der Waals surface area contributed by atoms with Crippen LogP contribution in [0.2, 0.25) is 0 Å². The molecule has 82 valence electrons. The van der Waals surface area contributed by atoms with Gasteiger partial charge in [-0.1, -0.05) is 13.8 Å². The summed E-state index contributed by atoms with van der Waals surface area (Å²) >= 11 is 0. The molecule has 1 unspecified atom stereocenters. The fourth-order valence-corrected chi connectivity index (χ4v) is 1.75. The first kappa shape index (κ1) is 11.6. The van der Waals surface area contributed by atoms with Crippen molar-refractivity contribution < 1.29 is 14.4 Å². The molecule has 0 aromatic carbocycles. The summed E-state index contributed by atoms with van der Waals surface area (Å²) in [6.45, 7) is 5.35. The monoisotopic (exact) mass is 209 g/mol. The fourth-order valence-electron chi connectivity index (χ4n) is 1.75. The van der Waals surface area contributed by atoms with Crippen LogP contribution in [0.5, 0.6) is 0 Å². The zero-order valence-corrected chi connectivity index (χ0v) is 9.19. The second-order valence-corrected chi connectivity index (χ2v) is 4.54. The highest BCUT2D eigenvalue weighted by Crippen LogP contribution is 2.23. The van der Waals surface area contributed by atoms with Crippen molar-refractivity contribution >= 4 is 18.1 Å². The molecular weight excluding hydrogens is 194 g/mol. The molecule has 2 amide bonds. The molecule has 1 rings (SSSR count). The lowest BCUT2D eigenvalue weighted by Crippen LogP contribution is -2.40. The van der Waals surface area contributed by atoms with Crippen LogP contribution in [0.3, 0.4) is 0 Å². The quantitative estimate of drug-likeness (QED) is 0.511. The normalized spacial score (nSPS) is 18.5. The smallest absolute Gasteiger partial charge is 0.253 e. The lowest BCUT2D eigenvalue weighted by atomic mass is 9.87. The lowest BCUT2D eigenvalue weighted by Gasteiger charge is -2.28. The molecule has 1 heterocycles. The Hall–Kier alpha value is -1.45. The summed E-state index contributed by atoms with van der Waals surface area (Å²) in [5, 5.41) is 0. The number of carbonyl (C=O) groups excluding carboxylic acids is 3. The summed E-state index contributed by atoms with van der Waals surface area (Å²) < 4.78 is 0. The molecule has 0 spiro atoms. The van der Waals surface area contributed by atoms with Crippen molar-refractivity contribution in [3.05, 3.63) is 12.2 Å². The number of amides is 2. The molecule has 0 aromatic heterocycles. The maximum Gasteiger partial charge on any atom is 0.253 e. The molecule has 0 aliphatic carbocycles. The Morgan fingerprint density at radius 1 is 1.33 bits per heavy atom. The largest absolute Gasteiger partial charge is 0.303 e. The van der Waals surface area contributed by atoms with Crippen LogP contribution < -0.4 is 0 Å². The van der Waals surface area contributed by atoms with Crippen molar-refractivity contribution in [1.29, 1.82) is 0 Å². The van der Waals surface area contributed by atoms with Crippen molar-refractivity contribution in [2.75, 3.05) is 0 Å². The lowest BCUT2D eigenvalue weighted by molar-refractivity contribution is -0.140. The van der Waals surface area contributed by atoms with Crippen LogP contribution in [-0.2, 0) is 14.4 Å². The van der Waals surface area contributed by atoms with Gasteiger partial charge in [-0.2, -0.15) is 0 Å². The van der Waals surface area contributed by atoms with Gasteiger partial charge in [0, 0.05) is 23.6 Å². The highest BCUT2D eigenvalue weighted by atomic mass is 16.2. The molecule has 1 aliphatic heterocycles. The minimum absolute atomic E-state index is 0.250. The summed E-state index contributed by atoms with van der Waals surface area (Å²) in [6.07, 6.45) is 3.84. The van der Waals surface area contributed by atoms with E-state index in [1.165, 1.54) is 17.1 Å². The molecule has 0 saturated carbocycles. The standard InChI is InChI=1S/C11H15NO3/c1-8(6-11(2,3)7-13)12-9(14)4-5-10(12)15/h4-5,7-8H,6H2,1-3H3. The zero-order chi connectivity index (χ0) is 11.6. The Kier molecular flexibility index (Phi) is 3.07. The molecule has 1 atom stereocenters. The molecular formula is C11H15NO3. The van der Waals surface area contributed by atoms with Crippen LogP contribution in [0.25, 0.3) is 0 Å². The Morgan fingerprint density at radius 3 is 2.20 bits per heavy atom. The van der Waals surface area contributed by atoms with Gasteiger partial charge in [0.15, 0.2) is 0 Å². The van der Waals surface area contributed by atoms with E-state index in [9.17, 15) is 14.4 Å². The highest BCUT2D eigenvalue weighted by Gasteiger charge is 2.32. The number of hydrogen-bond donors (Lipinski definition) is 0. The molecule has 0 fully saturated rings. The van der Waals surface area contributed by atoms with Crippen molar-refractivity contribution in [3.8, 4) is 0 Å². The van der Waals surface area contributed by atoms with E-state index in [1.807, 2.05) is 0 Å². The van der Waals surface area contributed by atoms with Gasteiger partial charge in [-0.25, -0.2) is 0 Å². The van der Waals surface area contributed by atoms with E-state index in [-0.39, 0.29) is 17.9 Å². The first-order valence-corrected chi connectivity index (χ1v) is 4.89. The Bertz CT molecular complexity index is 313. The highest BCUT2D eigenvalue weighted by molar-refractivity contribution is 6.13. The van der Waals surface area contributed by atoms with Crippen molar-refractivity contribution in [2.45, 2.75) is 33.2 Å². The van der Waals surface area contributed by atoms with Gasteiger partial charge in [-0.05, 0) is 13.3 Å². The van der Waals surface area contributed by atoms with Crippen LogP contribution in [0.4, 0.5) is 0 Å². The molecule has 0 saturated heterocycles. The summed E-state index contributed by atoms with van der Waals surface area (Å²) in [5.41, 5.74) is -0.511. The van der Waals surface area contributed by atoms with Gasteiger partial charge in [0.1, 0.15) is 6.29 Å². The van der Waals surface area contributed by atoms with Crippen molar-refractivity contribution in [3.63, 3.8) is 0 Å². The molecule has 4 nitrogen and oxygen atoms in total. The minimum Gasteiger partial charge on any atom is -0.303 e. The van der Waals surface area contributed by atoms with E-state index < -0.39 is 5.41 Å². The summed E-state index contributed by atoms with van der Waals surface area (Å²) in [5.74, 6) is -0.594. The molecule has 0 bridgehead atoms. The van der Waals surface area contributed by atoms with Gasteiger partial charge in [0.2, 0.25) is 0 Å². The van der Waals surface area contributed by atoms with Gasteiger partial charge < -0.3 is 4.79 Å². The third-order valence-electron chi connectivity index (χ3n) is 2.42. The Labute approximate surface area is 88.9 Å². The van der Waals surface area contributed by atoms with Gasteiger partial charge in [0.25, 0.3) is 11.8 Å². The molecule has 0 radical (unpaired) electrons. The average Bonchev–Trinajstić information content (AvgIpc) is 2.45. The summed E-state index contributed by atoms with van der Waals surface area (Å²) in [6, 6.07) is -0.250. The molecule has 0 N–H and O–H groups in total. The summed E-state index contributed by atoms with van der Waals surface area (Å²) in [4.78, 5) is 34.6. The minimum atomic E-state index is -0.511. The Balaban J connectivity index is 2.70. The molecule has 0 aromatic rings. The average molecular weight is 209 g/mol. The second-order valence-electron chi connectivity index (χ2n) is 4.54. The van der Waals surface area contributed by atoms with E-state index in [1.54, 1.807) is 20.8 Å². The number of hydrogen-bond acceptors (Lipinski definition) is 3. The maximum absolute atomic E-state index is 11.3. The van der Waals surface area contributed by atoms with Gasteiger partial charge in [0.05, 0.1) is 0 Å². The predicted octanol–water partition coefficient (Wildman–Crippen LogP) is 0.915. The second kappa shape index (κ2) is 3.96. The van der Waals surface area contributed by atoms with Crippen LogP contribution >= 0.6 is 0 Å². The molecule has 1 aliphatic rings. The fraction of sp³-hybridized carbons (Fsp3) is 0.545. The van der Waals surface area contributed by atoms with E-state index in [4.69, 9.17) is 0 Å². The van der Waals surface area contributed by atoms with E-state index in [0.29, 0.717) is 6.42 Å². The third-order valence-corrected chi connectivity index (χ3v) is 2.42. The first-order chi connectivity index (χ1) is 6.87. The maximum atomic E-state index is 11.3. The first-order valence-electron chi connectivity index (χ1n) is 4.89. The van der Waals surface area contributed by atoms with Crippen LogP contribution in [0, 0.1) is 5.41 Å².